The lowest BCUT2D eigenvalue weighted by molar-refractivity contribution is 1.26. The normalized spacial score (nSPS) is 11.3. The van der Waals surface area contributed by atoms with Crippen LogP contribution in [0.1, 0.15) is 5.56 Å². The minimum absolute atomic E-state index is 0.677. The van der Waals surface area contributed by atoms with E-state index in [2.05, 4.69) is 82.8 Å². The SMILES string of the molecule is N#Cc1ccc(-c2ccc(-c3cc4c5cccnc5c(-c5cc(-c6cccnc6)nc(-c6cccnc6)c5)cc4c4cccnc34)cc2)c2ccccc12. The molecule has 0 bridgehead atoms. The fourth-order valence-electron chi connectivity index (χ4n) is 7.63. The predicted octanol–water partition coefficient (Wildman–Crippen LogP) is 11.5. The smallest absolute Gasteiger partial charge is 0.0998 e. The maximum absolute atomic E-state index is 9.70. The van der Waals surface area contributed by atoms with Gasteiger partial charge in [-0.05, 0) is 105 Å². The van der Waals surface area contributed by atoms with E-state index in [1.807, 2.05) is 91.5 Å². The van der Waals surface area contributed by atoms with Crippen LogP contribution in [0.4, 0.5) is 0 Å². The van der Waals surface area contributed by atoms with Crippen LogP contribution in [-0.4, -0.2) is 24.9 Å². The summed E-state index contributed by atoms with van der Waals surface area (Å²) < 4.78 is 0. The second kappa shape index (κ2) is 12.9. The van der Waals surface area contributed by atoms with Gasteiger partial charge in [0.2, 0.25) is 0 Å². The van der Waals surface area contributed by atoms with Gasteiger partial charge in [-0.1, -0.05) is 66.7 Å². The Bertz CT molecular complexity index is 3040. The molecule has 10 rings (SSSR count). The third-order valence-corrected chi connectivity index (χ3v) is 10.2. The van der Waals surface area contributed by atoms with Gasteiger partial charge in [0.25, 0.3) is 0 Å². The molecule has 6 nitrogen and oxygen atoms in total. The molecule has 0 saturated heterocycles. The van der Waals surface area contributed by atoms with Gasteiger partial charge >= 0.3 is 0 Å². The molecule has 0 N–H and O–H groups in total. The Morgan fingerprint density at radius 2 is 0.907 bits per heavy atom. The molecule has 0 aliphatic heterocycles. The van der Waals surface area contributed by atoms with Gasteiger partial charge in [-0.15, -0.1) is 0 Å². The summed E-state index contributed by atoms with van der Waals surface area (Å²) in [6.45, 7) is 0. The average Bonchev–Trinajstić information content (AvgIpc) is 3.26. The lowest BCUT2D eigenvalue weighted by atomic mass is 9.89. The number of fused-ring (bicyclic) bond motifs is 6. The summed E-state index contributed by atoms with van der Waals surface area (Å²) >= 11 is 0. The van der Waals surface area contributed by atoms with Crippen molar-refractivity contribution in [2.24, 2.45) is 0 Å². The van der Waals surface area contributed by atoms with Crippen molar-refractivity contribution in [2.75, 3.05) is 0 Å². The number of rotatable bonds is 5. The van der Waals surface area contributed by atoms with Gasteiger partial charge in [-0.2, -0.15) is 5.26 Å². The summed E-state index contributed by atoms with van der Waals surface area (Å²) in [5.74, 6) is 0. The highest BCUT2D eigenvalue weighted by molar-refractivity contribution is 6.22. The Morgan fingerprint density at radius 1 is 0.389 bits per heavy atom. The van der Waals surface area contributed by atoms with E-state index < -0.39 is 0 Å². The van der Waals surface area contributed by atoms with Crippen LogP contribution in [0.25, 0.3) is 99.2 Å². The summed E-state index contributed by atoms with van der Waals surface area (Å²) in [6.07, 6.45) is 11.0. The van der Waals surface area contributed by atoms with Crippen molar-refractivity contribution in [1.82, 2.24) is 24.9 Å². The number of benzene rings is 5. The first-order chi connectivity index (χ1) is 26.7. The fraction of sp³-hybridized carbons (Fsp3) is 0. The Balaban J connectivity index is 1.17. The van der Waals surface area contributed by atoms with Gasteiger partial charge in [-0.25, -0.2) is 4.98 Å². The van der Waals surface area contributed by atoms with Crippen molar-refractivity contribution in [2.45, 2.75) is 0 Å². The Morgan fingerprint density at radius 3 is 1.46 bits per heavy atom. The molecule has 6 heteroatoms. The topological polar surface area (TPSA) is 88.2 Å². The van der Waals surface area contributed by atoms with E-state index in [1.54, 1.807) is 12.4 Å². The zero-order valence-electron chi connectivity index (χ0n) is 28.8. The van der Waals surface area contributed by atoms with Gasteiger partial charge in [0.15, 0.2) is 0 Å². The molecule has 0 amide bonds. The minimum Gasteiger partial charge on any atom is -0.264 e. The summed E-state index contributed by atoms with van der Waals surface area (Å²) in [7, 11) is 0. The van der Waals surface area contributed by atoms with Crippen molar-refractivity contribution < 1.29 is 0 Å². The highest BCUT2D eigenvalue weighted by atomic mass is 14.7. The number of pyridine rings is 5. The first-order valence-corrected chi connectivity index (χ1v) is 17.7. The van der Waals surface area contributed by atoms with E-state index in [-0.39, 0.29) is 0 Å². The first kappa shape index (κ1) is 31.1. The minimum atomic E-state index is 0.677. The zero-order valence-corrected chi connectivity index (χ0v) is 28.8. The Kier molecular flexibility index (Phi) is 7.41. The van der Waals surface area contributed by atoms with Crippen LogP contribution in [0.3, 0.4) is 0 Å². The molecule has 54 heavy (non-hydrogen) atoms. The monoisotopic (exact) mass is 688 g/mol. The molecule has 5 aromatic heterocycles. The standard InChI is InChI=1S/C48H28N6/c49-27-32-17-18-37(38-10-2-1-9-36(32)38)30-13-15-31(16-14-30)41-25-43-40-12-6-22-53-48(40)42(26-44(43)39-11-5-21-52-47(39)41)35-23-45(33-7-3-19-50-28-33)54-46(24-35)34-8-4-20-51-29-34/h1-26,28-29H. The predicted molar refractivity (Wildman–Crippen MR) is 217 cm³/mol. The molecule has 0 saturated carbocycles. The molecule has 0 spiro atoms. The second-order valence-electron chi connectivity index (χ2n) is 13.2. The number of hydrogen-bond acceptors (Lipinski definition) is 6. The molecule has 0 fully saturated rings. The quantitative estimate of drug-likeness (QED) is 0.167. The number of nitriles is 1. The lowest BCUT2D eigenvalue weighted by Gasteiger charge is -2.16. The van der Waals surface area contributed by atoms with Gasteiger partial charge in [0.05, 0.1) is 34.1 Å². The molecule has 5 aromatic carbocycles. The first-order valence-electron chi connectivity index (χ1n) is 17.7. The molecule has 0 radical (unpaired) electrons. The third kappa shape index (κ3) is 5.23. The van der Waals surface area contributed by atoms with Crippen molar-refractivity contribution in [3.8, 4) is 62.0 Å². The van der Waals surface area contributed by atoms with Crippen LogP contribution in [0, 0.1) is 11.3 Å². The van der Waals surface area contributed by atoms with Crippen molar-refractivity contribution in [3.63, 3.8) is 0 Å². The van der Waals surface area contributed by atoms with Crippen molar-refractivity contribution in [3.05, 3.63) is 176 Å². The summed E-state index contributed by atoms with van der Waals surface area (Å²) in [5.41, 5.74) is 12.3. The maximum atomic E-state index is 9.70. The molecule has 5 heterocycles. The van der Waals surface area contributed by atoms with E-state index in [0.29, 0.717) is 5.56 Å². The van der Waals surface area contributed by atoms with Crippen molar-refractivity contribution in [1.29, 1.82) is 5.26 Å². The van der Waals surface area contributed by atoms with Crippen LogP contribution in [0.5, 0.6) is 0 Å². The van der Waals surface area contributed by atoms with E-state index in [4.69, 9.17) is 15.0 Å². The van der Waals surface area contributed by atoms with Gasteiger partial charge in [0.1, 0.15) is 0 Å². The second-order valence-corrected chi connectivity index (χ2v) is 13.2. The average molecular weight is 689 g/mol. The van der Waals surface area contributed by atoms with Gasteiger partial charge in [-0.3, -0.25) is 19.9 Å². The van der Waals surface area contributed by atoms with Crippen molar-refractivity contribution >= 4 is 43.4 Å². The van der Waals surface area contributed by atoms with Crippen LogP contribution >= 0.6 is 0 Å². The Hall–Kier alpha value is -7.62. The van der Waals surface area contributed by atoms with Gasteiger partial charge < -0.3 is 0 Å². The van der Waals surface area contributed by atoms with E-state index in [9.17, 15) is 5.26 Å². The highest BCUT2D eigenvalue weighted by Crippen LogP contribution is 2.42. The van der Waals surface area contributed by atoms with E-state index in [1.165, 1.54) is 0 Å². The third-order valence-electron chi connectivity index (χ3n) is 10.2. The summed E-state index contributed by atoms with van der Waals surface area (Å²) in [4.78, 5) is 23.8. The molecule has 250 valence electrons. The summed E-state index contributed by atoms with van der Waals surface area (Å²) in [6, 6.07) is 48.1. The molecule has 10 aromatic rings. The van der Waals surface area contributed by atoms with Crippen LogP contribution in [-0.2, 0) is 0 Å². The lowest BCUT2D eigenvalue weighted by Crippen LogP contribution is -1.94. The zero-order chi connectivity index (χ0) is 36.0. The number of nitrogens with zero attached hydrogens (tertiary/aromatic N) is 6. The molecule has 0 unspecified atom stereocenters. The molecular weight excluding hydrogens is 661 g/mol. The highest BCUT2D eigenvalue weighted by Gasteiger charge is 2.18. The largest absolute Gasteiger partial charge is 0.264 e. The molecule has 0 atom stereocenters. The van der Waals surface area contributed by atoms with E-state index >= 15 is 0 Å². The fourth-order valence-corrected chi connectivity index (χ4v) is 7.63. The molecular formula is C48H28N6. The van der Waals surface area contributed by atoms with Crippen LogP contribution < -0.4 is 0 Å². The molecule has 0 aliphatic rings. The Labute approximate surface area is 310 Å². The molecule has 0 aliphatic carbocycles. The van der Waals surface area contributed by atoms with Gasteiger partial charge in [0, 0.05) is 75.6 Å². The van der Waals surface area contributed by atoms with Crippen LogP contribution in [0.2, 0.25) is 0 Å². The number of aromatic nitrogens is 5. The summed E-state index contributed by atoms with van der Waals surface area (Å²) in [5, 5.41) is 16.0. The van der Waals surface area contributed by atoms with Crippen LogP contribution in [0.15, 0.2) is 171 Å². The maximum Gasteiger partial charge on any atom is 0.0998 e. The van der Waals surface area contributed by atoms with E-state index in [0.717, 1.165) is 99.2 Å². The number of hydrogen-bond donors (Lipinski definition) is 0.